The van der Waals surface area contributed by atoms with Crippen molar-refractivity contribution in [3.63, 3.8) is 0 Å². The number of nitrogens with zero attached hydrogens (tertiary/aromatic N) is 2. The van der Waals surface area contributed by atoms with E-state index in [0.29, 0.717) is 15.7 Å². The molecule has 2 aromatic rings. The Kier molecular flexibility index (Phi) is 3.92. The molecule has 1 aromatic carbocycles. The van der Waals surface area contributed by atoms with Crippen LogP contribution in [0.4, 0.5) is 11.4 Å². The van der Waals surface area contributed by atoms with Crippen LogP contribution >= 0.6 is 15.9 Å². The van der Waals surface area contributed by atoms with Gasteiger partial charge in [0.05, 0.1) is 23.0 Å². The zero-order valence-electron chi connectivity index (χ0n) is 10.0. The quantitative estimate of drug-likeness (QED) is 0.878. The van der Waals surface area contributed by atoms with Gasteiger partial charge in [0, 0.05) is 16.9 Å². The largest absolute Gasteiger partial charge is 0.398 e. The lowest BCUT2D eigenvalue weighted by Crippen LogP contribution is -2.15. The monoisotopic (exact) mass is 352 g/mol. The van der Waals surface area contributed by atoms with E-state index in [2.05, 4.69) is 25.6 Å². The van der Waals surface area contributed by atoms with Crippen molar-refractivity contribution in [2.45, 2.75) is 4.90 Å². The van der Waals surface area contributed by atoms with E-state index >= 15 is 0 Å². The van der Waals surface area contributed by atoms with E-state index in [0.717, 1.165) is 0 Å². The molecule has 0 bridgehead atoms. The number of pyridine rings is 1. The average molecular weight is 353 g/mol. The van der Waals surface area contributed by atoms with Gasteiger partial charge in [-0.15, -0.1) is 0 Å². The van der Waals surface area contributed by atoms with Crippen LogP contribution in [-0.2, 0) is 10.0 Å². The maximum atomic E-state index is 12.2. The Morgan fingerprint density at radius 1 is 1.35 bits per heavy atom. The molecule has 0 amide bonds. The Bertz CT molecular complexity index is 799. The summed E-state index contributed by atoms with van der Waals surface area (Å²) >= 11 is 3.21. The zero-order chi connectivity index (χ0) is 14.8. The highest BCUT2D eigenvalue weighted by atomic mass is 79.9. The topological polar surface area (TPSA) is 109 Å². The van der Waals surface area contributed by atoms with Crippen molar-refractivity contribution >= 4 is 37.3 Å². The molecule has 0 saturated carbocycles. The number of halogens is 1. The smallest absolute Gasteiger partial charge is 0.265 e. The molecule has 102 valence electrons. The molecule has 6 nitrogen and oxygen atoms in total. The zero-order valence-corrected chi connectivity index (χ0v) is 12.4. The van der Waals surface area contributed by atoms with Crippen LogP contribution in [0.1, 0.15) is 5.56 Å². The second kappa shape index (κ2) is 5.48. The van der Waals surface area contributed by atoms with E-state index in [4.69, 9.17) is 11.0 Å². The van der Waals surface area contributed by atoms with Gasteiger partial charge in [-0.3, -0.25) is 9.71 Å². The number of nitrogens with one attached hydrogen (secondary N) is 1. The van der Waals surface area contributed by atoms with Gasteiger partial charge in [0.25, 0.3) is 10.0 Å². The lowest BCUT2D eigenvalue weighted by atomic mass is 10.2. The molecule has 0 spiro atoms. The highest BCUT2D eigenvalue weighted by Gasteiger charge is 2.18. The number of nitrogen functional groups attached to an aromatic ring is 1. The van der Waals surface area contributed by atoms with E-state index in [-0.39, 0.29) is 10.6 Å². The fraction of sp³-hybridized carbons (Fsp3) is 0. The van der Waals surface area contributed by atoms with E-state index in [9.17, 15) is 8.42 Å². The number of aromatic nitrogens is 1. The Morgan fingerprint density at radius 3 is 2.70 bits per heavy atom. The highest BCUT2D eigenvalue weighted by Crippen LogP contribution is 2.27. The van der Waals surface area contributed by atoms with E-state index in [1.807, 2.05) is 6.07 Å². The van der Waals surface area contributed by atoms with Crippen LogP contribution in [-0.4, -0.2) is 13.4 Å². The van der Waals surface area contributed by atoms with Gasteiger partial charge < -0.3 is 5.73 Å². The van der Waals surface area contributed by atoms with Crippen LogP contribution in [0.5, 0.6) is 0 Å². The Morgan fingerprint density at radius 2 is 2.10 bits per heavy atom. The lowest BCUT2D eigenvalue weighted by molar-refractivity contribution is 0.601. The third-order valence-electron chi connectivity index (χ3n) is 2.45. The lowest BCUT2D eigenvalue weighted by Gasteiger charge is -2.11. The van der Waals surface area contributed by atoms with Crippen LogP contribution in [0.3, 0.4) is 0 Å². The standard InChI is InChI=1S/C12H9BrN4O2S/c13-9-5-8(6-14)1-2-11(9)17-20(18,19)12-7-16-4-3-10(12)15/h1-5,7,17H,(H2,15,16). The van der Waals surface area contributed by atoms with E-state index in [1.165, 1.54) is 36.7 Å². The molecule has 8 heteroatoms. The number of benzene rings is 1. The minimum absolute atomic E-state index is 0.101. The summed E-state index contributed by atoms with van der Waals surface area (Å²) < 4.78 is 27.3. The van der Waals surface area contributed by atoms with Gasteiger partial charge in [-0.1, -0.05) is 0 Å². The number of nitrogens with two attached hydrogens (primary N) is 1. The predicted octanol–water partition coefficient (Wildman–Crippen LogP) is 2.10. The predicted molar refractivity (Wildman–Crippen MR) is 78.3 cm³/mol. The van der Waals surface area contributed by atoms with Crippen molar-refractivity contribution in [1.29, 1.82) is 5.26 Å². The Hall–Kier alpha value is -2.11. The molecular weight excluding hydrogens is 344 g/mol. The van der Waals surface area contributed by atoms with E-state index in [1.54, 1.807) is 0 Å². The second-order valence-electron chi connectivity index (χ2n) is 3.83. The maximum absolute atomic E-state index is 12.2. The second-order valence-corrected chi connectivity index (χ2v) is 6.33. The number of nitriles is 1. The van der Waals surface area contributed by atoms with Crippen LogP contribution in [0.25, 0.3) is 0 Å². The first kappa shape index (κ1) is 14.3. The molecule has 0 atom stereocenters. The average Bonchev–Trinajstić information content (AvgIpc) is 2.41. The molecule has 0 saturated heterocycles. The van der Waals surface area contributed by atoms with Crippen molar-refractivity contribution in [2.24, 2.45) is 0 Å². The summed E-state index contributed by atoms with van der Waals surface area (Å²) in [6.07, 6.45) is 2.58. The summed E-state index contributed by atoms with van der Waals surface area (Å²) in [6, 6.07) is 7.89. The summed E-state index contributed by atoms with van der Waals surface area (Å²) in [4.78, 5) is 3.65. The number of hydrogen-bond acceptors (Lipinski definition) is 5. The number of rotatable bonds is 3. The first-order valence-electron chi connectivity index (χ1n) is 5.36. The van der Waals surface area contributed by atoms with Crippen molar-refractivity contribution in [2.75, 3.05) is 10.5 Å². The maximum Gasteiger partial charge on any atom is 0.265 e. The van der Waals surface area contributed by atoms with Gasteiger partial charge in [-0.05, 0) is 40.2 Å². The number of hydrogen-bond donors (Lipinski definition) is 2. The summed E-state index contributed by atoms with van der Waals surface area (Å²) in [7, 11) is -3.84. The molecule has 1 heterocycles. The van der Waals surface area contributed by atoms with Gasteiger partial charge in [-0.2, -0.15) is 5.26 Å². The van der Waals surface area contributed by atoms with Crippen LogP contribution < -0.4 is 10.5 Å². The van der Waals surface area contributed by atoms with Crippen molar-refractivity contribution in [3.05, 3.63) is 46.7 Å². The Labute approximate surface area is 124 Å². The molecule has 3 N–H and O–H groups in total. The molecule has 0 fully saturated rings. The summed E-state index contributed by atoms with van der Waals surface area (Å²) in [5.74, 6) is 0. The molecule has 20 heavy (non-hydrogen) atoms. The van der Waals surface area contributed by atoms with Gasteiger partial charge in [0.1, 0.15) is 4.90 Å². The summed E-state index contributed by atoms with van der Waals surface area (Å²) in [6.45, 7) is 0. The van der Waals surface area contributed by atoms with Crippen LogP contribution in [0.15, 0.2) is 46.0 Å². The number of sulfonamides is 1. The van der Waals surface area contributed by atoms with Gasteiger partial charge >= 0.3 is 0 Å². The molecular formula is C12H9BrN4O2S. The Balaban J connectivity index is 2.40. The number of anilines is 2. The summed E-state index contributed by atoms with van der Waals surface area (Å²) in [5, 5.41) is 8.77. The SMILES string of the molecule is N#Cc1ccc(NS(=O)(=O)c2cnccc2N)c(Br)c1. The molecule has 2 rings (SSSR count). The molecule has 0 aliphatic carbocycles. The molecule has 0 aliphatic heterocycles. The van der Waals surface area contributed by atoms with Gasteiger partial charge in [-0.25, -0.2) is 8.42 Å². The summed E-state index contributed by atoms with van der Waals surface area (Å²) in [5.41, 5.74) is 6.47. The van der Waals surface area contributed by atoms with Gasteiger partial charge in [0.2, 0.25) is 0 Å². The first-order chi connectivity index (χ1) is 9.44. The van der Waals surface area contributed by atoms with Crippen LogP contribution in [0.2, 0.25) is 0 Å². The fourth-order valence-corrected chi connectivity index (χ4v) is 3.25. The third kappa shape index (κ3) is 2.89. The fourth-order valence-electron chi connectivity index (χ4n) is 1.48. The highest BCUT2D eigenvalue weighted by molar-refractivity contribution is 9.10. The molecule has 0 aliphatic rings. The first-order valence-corrected chi connectivity index (χ1v) is 7.63. The minimum Gasteiger partial charge on any atom is -0.398 e. The minimum atomic E-state index is -3.84. The van der Waals surface area contributed by atoms with Crippen molar-refractivity contribution in [1.82, 2.24) is 4.98 Å². The van der Waals surface area contributed by atoms with Crippen molar-refractivity contribution < 1.29 is 8.42 Å². The third-order valence-corrected chi connectivity index (χ3v) is 4.51. The molecule has 0 unspecified atom stereocenters. The van der Waals surface area contributed by atoms with Gasteiger partial charge in [0.15, 0.2) is 0 Å². The van der Waals surface area contributed by atoms with Crippen molar-refractivity contribution in [3.8, 4) is 6.07 Å². The normalized spacial score (nSPS) is 10.8. The van der Waals surface area contributed by atoms with E-state index < -0.39 is 10.0 Å². The van der Waals surface area contributed by atoms with Crippen LogP contribution in [0, 0.1) is 11.3 Å². The molecule has 1 aromatic heterocycles. The molecule has 0 radical (unpaired) electrons.